The molecule has 0 spiro atoms. The molecule has 2 rings (SSSR count). The second-order valence-corrected chi connectivity index (χ2v) is 4.61. The number of para-hydroxylation sites is 1. The summed E-state index contributed by atoms with van der Waals surface area (Å²) < 4.78 is 0. The lowest BCUT2D eigenvalue weighted by Crippen LogP contribution is -2.49. The Morgan fingerprint density at radius 2 is 1.82 bits per heavy atom. The van der Waals surface area contributed by atoms with Crippen LogP contribution >= 0.6 is 0 Å². The standard InChI is InChI=1S/C14H19N3/c1-12-5-3-4-6-14(12)17-9-7-16(8-10-17)13(2)11-15/h3-6,13H,7-10H2,1-2H3/t13-/m1/s1. The average Bonchev–Trinajstić information content (AvgIpc) is 2.39. The number of benzene rings is 1. The molecule has 0 aromatic heterocycles. The van der Waals surface area contributed by atoms with Gasteiger partial charge in [0.05, 0.1) is 12.1 Å². The topological polar surface area (TPSA) is 30.3 Å². The van der Waals surface area contributed by atoms with Gasteiger partial charge in [0, 0.05) is 31.9 Å². The predicted octanol–water partition coefficient (Wildman–Crippen LogP) is 2.03. The predicted molar refractivity (Wildman–Crippen MR) is 70.0 cm³/mol. The molecule has 90 valence electrons. The number of rotatable bonds is 2. The molecule has 1 atom stereocenters. The van der Waals surface area contributed by atoms with Gasteiger partial charge in [-0.05, 0) is 25.5 Å². The normalized spacial score (nSPS) is 18.8. The molecular weight excluding hydrogens is 210 g/mol. The molecule has 1 fully saturated rings. The molecule has 1 aromatic rings. The first-order valence-corrected chi connectivity index (χ1v) is 6.16. The second kappa shape index (κ2) is 5.20. The van der Waals surface area contributed by atoms with Crippen molar-refractivity contribution in [3.05, 3.63) is 29.8 Å². The summed E-state index contributed by atoms with van der Waals surface area (Å²) in [4.78, 5) is 4.66. The van der Waals surface area contributed by atoms with Gasteiger partial charge in [-0.2, -0.15) is 5.26 Å². The van der Waals surface area contributed by atoms with Crippen LogP contribution in [0.1, 0.15) is 12.5 Å². The minimum Gasteiger partial charge on any atom is -0.369 e. The summed E-state index contributed by atoms with van der Waals surface area (Å²) in [6.45, 7) is 8.10. The molecule has 3 heteroatoms. The van der Waals surface area contributed by atoms with Crippen molar-refractivity contribution in [1.29, 1.82) is 5.26 Å². The monoisotopic (exact) mass is 229 g/mol. The first-order chi connectivity index (χ1) is 8.22. The van der Waals surface area contributed by atoms with Crippen molar-refractivity contribution in [2.24, 2.45) is 0 Å². The van der Waals surface area contributed by atoms with Gasteiger partial charge in [-0.3, -0.25) is 4.90 Å². The van der Waals surface area contributed by atoms with Crippen LogP contribution in [-0.4, -0.2) is 37.1 Å². The highest BCUT2D eigenvalue weighted by atomic mass is 15.3. The third-order valence-corrected chi connectivity index (χ3v) is 3.50. The largest absolute Gasteiger partial charge is 0.369 e. The maximum Gasteiger partial charge on any atom is 0.0950 e. The minimum absolute atomic E-state index is 0.0361. The van der Waals surface area contributed by atoms with Gasteiger partial charge in [-0.25, -0.2) is 0 Å². The number of piperazine rings is 1. The quantitative estimate of drug-likeness (QED) is 0.777. The van der Waals surface area contributed by atoms with Crippen LogP contribution < -0.4 is 4.90 Å². The Labute approximate surface area is 103 Å². The SMILES string of the molecule is Cc1ccccc1N1CCN([C@H](C)C#N)CC1. The smallest absolute Gasteiger partial charge is 0.0950 e. The molecule has 1 saturated heterocycles. The fourth-order valence-electron chi connectivity index (χ4n) is 2.35. The van der Waals surface area contributed by atoms with Gasteiger partial charge in [0.15, 0.2) is 0 Å². The van der Waals surface area contributed by atoms with Gasteiger partial charge < -0.3 is 4.90 Å². The van der Waals surface area contributed by atoms with Crippen LogP contribution in [0.3, 0.4) is 0 Å². The summed E-state index contributed by atoms with van der Waals surface area (Å²) in [6.07, 6.45) is 0. The number of hydrogen-bond donors (Lipinski definition) is 0. The highest BCUT2D eigenvalue weighted by molar-refractivity contribution is 5.53. The molecule has 1 aliphatic rings. The van der Waals surface area contributed by atoms with Crippen LogP contribution in [0.15, 0.2) is 24.3 Å². The summed E-state index contributed by atoms with van der Waals surface area (Å²) in [7, 11) is 0. The zero-order valence-corrected chi connectivity index (χ0v) is 10.6. The Morgan fingerprint density at radius 1 is 1.18 bits per heavy atom. The number of anilines is 1. The summed E-state index contributed by atoms with van der Waals surface area (Å²) in [5.41, 5.74) is 2.66. The zero-order chi connectivity index (χ0) is 12.3. The number of nitriles is 1. The first kappa shape index (κ1) is 11.9. The highest BCUT2D eigenvalue weighted by Gasteiger charge is 2.21. The lowest BCUT2D eigenvalue weighted by molar-refractivity contribution is 0.231. The molecule has 0 saturated carbocycles. The van der Waals surface area contributed by atoms with Crippen molar-refractivity contribution in [2.75, 3.05) is 31.1 Å². The molecule has 1 aromatic carbocycles. The molecular formula is C14H19N3. The van der Waals surface area contributed by atoms with Crippen molar-refractivity contribution < 1.29 is 0 Å². The Kier molecular flexibility index (Phi) is 3.65. The molecule has 1 aliphatic heterocycles. The summed E-state index contributed by atoms with van der Waals surface area (Å²) in [5, 5.41) is 8.91. The van der Waals surface area contributed by atoms with E-state index in [2.05, 4.69) is 47.1 Å². The third-order valence-electron chi connectivity index (χ3n) is 3.50. The van der Waals surface area contributed by atoms with E-state index in [1.165, 1.54) is 11.3 Å². The van der Waals surface area contributed by atoms with Gasteiger partial charge in [0.25, 0.3) is 0 Å². The fraction of sp³-hybridized carbons (Fsp3) is 0.500. The van der Waals surface area contributed by atoms with E-state index in [9.17, 15) is 0 Å². The molecule has 3 nitrogen and oxygen atoms in total. The molecule has 0 N–H and O–H groups in total. The van der Waals surface area contributed by atoms with Crippen molar-refractivity contribution in [3.63, 3.8) is 0 Å². The molecule has 0 bridgehead atoms. The Morgan fingerprint density at radius 3 is 2.41 bits per heavy atom. The Bertz CT molecular complexity index is 414. The van der Waals surface area contributed by atoms with Gasteiger partial charge in [-0.1, -0.05) is 18.2 Å². The maximum absolute atomic E-state index is 8.91. The first-order valence-electron chi connectivity index (χ1n) is 6.16. The number of hydrogen-bond acceptors (Lipinski definition) is 3. The molecule has 1 heterocycles. The van der Waals surface area contributed by atoms with E-state index in [0.29, 0.717) is 0 Å². The summed E-state index contributed by atoms with van der Waals surface area (Å²) in [6, 6.07) is 10.8. The molecule has 0 radical (unpaired) electrons. The lowest BCUT2D eigenvalue weighted by atomic mass is 10.1. The van der Waals surface area contributed by atoms with Crippen LogP contribution in [0, 0.1) is 18.3 Å². The summed E-state index contributed by atoms with van der Waals surface area (Å²) >= 11 is 0. The van der Waals surface area contributed by atoms with E-state index in [1.54, 1.807) is 0 Å². The van der Waals surface area contributed by atoms with Crippen LogP contribution in [-0.2, 0) is 0 Å². The van der Waals surface area contributed by atoms with E-state index < -0.39 is 0 Å². The second-order valence-electron chi connectivity index (χ2n) is 4.61. The van der Waals surface area contributed by atoms with E-state index in [1.807, 2.05) is 6.92 Å². The summed E-state index contributed by atoms with van der Waals surface area (Å²) in [5.74, 6) is 0. The Balaban J connectivity index is 2.01. The van der Waals surface area contributed by atoms with Gasteiger partial charge in [-0.15, -0.1) is 0 Å². The van der Waals surface area contributed by atoms with Crippen molar-refractivity contribution in [1.82, 2.24) is 4.90 Å². The number of aryl methyl sites for hydroxylation is 1. The minimum atomic E-state index is 0.0361. The van der Waals surface area contributed by atoms with Crippen molar-refractivity contribution in [2.45, 2.75) is 19.9 Å². The van der Waals surface area contributed by atoms with Crippen molar-refractivity contribution >= 4 is 5.69 Å². The zero-order valence-electron chi connectivity index (χ0n) is 10.6. The fourth-order valence-corrected chi connectivity index (χ4v) is 2.35. The highest BCUT2D eigenvalue weighted by Crippen LogP contribution is 2.21. The van der Waals surface area contributed by atoms with Crippen LogP contribution in [0.4, 0.5) is 5.69 Å². The van der Waals surface area contributed by atoms with E-state index in [0.717, 1.165) is 26.2 Å². The van der Waals surface area contributed by atoms with Crippen molar-refractivity contribution in [3.8, 4) is 6.07 Å². The average molecular weight is 229 g/mol. The van der Waals surface area contributed by atoms with Gasteiger partial charge >= 0.3 is 0 Å². The van der Waals surface area contributed by atoms with E-state index in [4.69, 9.17) is 5.26 Å². The number of nitrogens with zero attached hydrogens (tertiary/aromatic N) is 3. The third kappa shape index (κ3) is 2.59. The molecule has 0 amide bonds. The van der Waals surface area contributed by atoms with Crippen LogP contribution in [0.25, 0.3) is 0 Å². The lowest BCUT2D eigenvalue weighted by Gasteiger charge is -2.37. The van der Waals surface area contributed by atoms with Crippen LogP contribution in [0.5, 0.6) is 0 Å². The maximum atomic E-state index is 8.91. The molecule has 0 aliphatic carbocycles. The molecule has 17 heavy (non-hydrogen) atoms. The van der Waals surface area contributed by atoms with E-state index >= 15 is 0 Å². The van der Waals surface area contributed by atoms with E-state index in [-0.39, 0.29) is 6.04 Å². The van der Waals surface area contributed by atoms with Gasteiger partial charge in [0.2, 0.25) is 0 Å². The van der Waals surface area contributed by atoms with Gasteiger partial charge in [0.1, 0.15) is 0 Å². The molecule has 0 unspecified atom stereocenters. The van der Waals surface area contributed by atoms with Crippen LogP contribution in [0.2, 0.25) is 0 Å². The Hall–Kier alpha value is -1.53.